The number of amides is 1. The Hall–Kier alpha value is -3.12. The summed E-state index contributed by atoms with van der Waals surface area (Å²) in [5.41, 5.74) is 7.68. The van der Waals surface area contributed by atoms with Gasteiger partial charge < -0.3 is 5.73 Å². The summed E-state index contributed by atoms with van der Waals surface area (Å²) in [6, 6.07) is 13.3. The number of pyridine rings is 3. The Kier molecular flexibility index (Phi) is 6.22. The van der Waals surface area contributed by atoms with Gasteiger partial charge in [-0.3, -0.25) is 25.1 Å². The third-order valence-electron chi connectivity index (χ3n) is 4.62. The second kappa shape index (κ2) is 9.00. The highest BCUT2D eigenvalue weighted by Crippen LogP contribution is 2.25. The summed E-state index contributed by atoms with van der Waals surface area (Å²) in [5.74, 6) is -0.429. The lowest BCUT2D eigenvalue weighted by molar-refractivity contribution is -0.125. The average Bonchev–Trinajstić information content (AvgIpc) is 2.72. The molecule has 0 aliphatic rings. The van der Waals surface area contributed by atoms with Crippen LogP contribution in [0.25, 0.3) is 0 Å². The van der Waals surface area contributed by atoms with Crippen LogP contribution < -0.4 is 11.1 Å². The Balaban J connectivity index is 1.81. The third kappa shape index (κ3) is 4.74. The van der Waals surface area contributed by atoms with Crippen LogP contribution in [0.5, 0.6) is 0 Å². The van der Waals surface area contributed by atoms with Gasteiger partial charge in [0.2, 0.25) is 5.91 Å². The van der Waals surface area contributed by atoms with Gasteiger partial charge in [-0.25, -0.2) is 0 Å². The second-order valence-electron chi connectivity index (χ2n) is 6.38. The number of hydrogen-bond acceptors (Lipinski definition) is 5. The molecule has 1 unspecified atom stereocenters. The third-order valence-corrected chi connectivity index (χ3v) is 4.62. The highest BCUT2D eigenvalue weighted by molar-refractivity contribution is 5.85. The van der Waals surface area contributed by atoms with Crippen LogP contribution in [0.15, 0.2) is 73.4 Å². The minimum atomic E-state index is -1.03. The van der Waals surface area contributed by atoms with Crippen molar-refractivity contribution in [3.63, 3.8) is 0 Å². The smallest absolute Gasteiger partial charge is 0.243 e. The van der Waals surface area contributed by atoms with Crippen molar-refractivity contribution in [3.8, 4) is 0 Å². The number of nitrogens with two attached hydrogens (primary N) is 1. The van der Waals surface area contributed by atoms with E-state index in [-0.39, 0.29) is 0 Å². The van der Waals surface area contributed by atoms with E-state index in [1.165, 1.54) is 0 Å². The predicted molar refractivity (Wildman–Crippen MR) is 104 cm³/mol. The van der Waals surface area contributed by atoms with E-state index < -0.39 is 11.4 Å². The fraction of sp³-hybridized carbons (Fsp3) is 0.238. The molecule has 0 saturated carbocycles. The molecule has 0 aliphatic carbocycles. The van der Waals surface area contributed by atoms with Crippen molar-refractivity contribution < 1.29 is 4.79 Å². The Morgan fingerprint density at radius 2 is 1.78 bits per heavy atom. The summed E-state index contributed by atoms with van der Waals surface area (Å²) in [5, 5.41) is 3.39. The number of aromatic nitrogens is 3. The summed E-state index contributed by atoms with van der Waals surface area (Å²) in [7, 11) is 0. The molecule has 0 bridgehead atoms. The van der Waals surface area contributed by atoms with Crippen LogP contribution >= 0.6 is 0 Å². The van der Waals surface area contributed by atoms with Crippen LogP contribution in [0, 0.1) is 0 Å². The van der Waals surface area contributed by atoms with E-state index in [9.17, 15) is 4.79 Å². The Morgan fingerprint density at radius 3 is 2.44 bits per heavy atom. The van der Waals surface area contributed by atoms with E-state index in [1.54, 1.807) is 24.8 Å². The first-order chi connectivity index (χ1) is 13.2. The zero-order valence-electron chi connectivity index (χ0n) is 15.1. The molecule has 3 N–H and O–H groups in total. The quantitative estimate of drug-likeness (QED) is 0.608. The van der Waals surface area contributed by atoms with Gasteiger partial charge in [0, 0.05) is 37.5 Å². The number of rotatable bonds is 9. The van der Waals surface area contributed by atoms with Gasteiger partial charge >= 0.3 is 0 Å². The largest absolute Gasteiger partial charge is 0.368 e. The van der Waals surface area contributed by atoms with E-state index >= 15 is 0 Å². The van der Waals surface area contributed by atoms with Gasteiger partial charge in [0.05, 0.1) is 5.69 Å². The molecule has 3 rings (SSSR count). The lowest BCUT2D eigenvalue weighted by Crippen LogP contribution is -2.54. The summed E-state index contributed by atoms with van der Waals surface area (Å²) < 4.78 is 0. The van der Waals surface area contributed by atoms with E-state index in [0.717, 1.165) is 17.5 Å². The maximum Gasteiger partial charge on any atom is 0.243 e. The molecule has 0 fully saturated rings. The van der Waals surface area contributed by atoms with Gasteiger partial charge in [0.1, 0.15) is 5.54 Å². The monoisotopic (exact) mass is 361 g/mol. The maximum absolute atomic E-state index is 12.6. The zero-order chi connectivity index (χ0) is 19.0. The Morgan fingerprint density at radius 1 is 0.926 bits per heavy atom. The number of primary amides is 1. The highest BCUT2D eigenvalue weighted by Gasteiger charge is 2.39. The molecule has 0 spiro atoms. The molecule has 0 aliphatic heterocycles. The van der Waals surface area contributed by atoms with Crippen LogP contribution in [0.4, 0.5) is 0 Å². The lowest BCUT2D eigenvalue weighted by Gasteiger charge is -2.31. The first-order valence-corrected chi connectivity index (χ1v) is 8.95. The van der Waals surface area contributed by atoms with Gasteiger partial charge in [0.25, 0.3) is 0 Å². The van der Waals surface area contributed by atoms with Crippen LogP contribution in [0.2, 0.25) is 0 Å². The van der Waals surface area contributed by atoms with Crippen molar-refractivity contribution in [2.45, 2.75) is 24.8 Å². The fourth-order valence-electron chi connectivity index (χ4n) is 3.11. The van der Waals surface area contributed by atoms with Crippen LogP contribution in [0.1, 0.15) is 23.2 Å². The van der Waals surface area contributed by atoms with Crippen molar-refractivity contribution in [1.82, 2.24) is 20.3 Å². The summed E-state index contributed by atoms with van der Waals surface area (Å²) >= 11 is 0. The number of nitrogens with zero attached hydrogens (tertiary/aromatic N) is 3. The predicted octanol–water partition coefficient (Wildman–Crippen LogP) is 2.02. The molecule has 1 atom stereocenters. The van der Waals surface area contributed by atoms with Gasteiger partial charge in [0.15, 0.2) is 0 Å². The summed E-state index contributed by atoms with van der Waals surface area (Å²) in [6.07, 6.45) is 10.7. The van der Waals surface area contributed by atoms with Gasteiger partial charge in [-0.2, -0.15) is 0 Å². The topological polar surface area (TPSA) is 93.8 Å². The summed E-state index contributed by atoms with van der Waals surface area (Å²) in [6.45, 7) is 0.585. The Bertz CT molecular complexity index is 842. The van der Waals surface area contributed by atoms with E-state index in [0.29, 0.717) is 25.1 Å². The lowest BCUT2D eigenvalue weighted by atomic mass is 9.86. The molecular formula is C21H23N5O. The van der Waals surface area contributed by atoms with Crippen molar-refractivity contribution in [3.05, 3.63) is 90.3 Å². The molecule has 0 aromatic carbocycles. The number of nitrogens with one attached hydrogen (secondary N) is 1. The number of carbonyl (C=O) groups is 1. The fourth-order valence-corrected chi connectivity index (χ4v) is 3.11. The molecule has 3 heterocycles. The minimum Gasteiger partial charge on any atom is -0.368 e. The SMILES string of the molecule is NC(=O)C(CCc1ccncc1)(NCCc1cccnc1)c1ccccn1. The van der Waals surface area contributed by atoms with Crippen LogP contribution in [-0.2, 0) is 23.2 Å². The maximum atomic E-state index is 12.6. The zero-order valence-corrected chi connectivity index (χ0v) is 15.1. The van der Waals surface area contributed by atoms with Crippen molar-refractivity contribution in [2.24, 2.45) is 5.73 Å². The normalized spacial score (nSPS) is 13.0. The molecule has 1 amide bonds. The first-order valence-electron chi connectivity index (χ1n) is 8.95. The summed E-state index contributed by atoms with van der Waals surface area (Å²) in [4.78, 5) is 25.2. The van der Waals surface area contributed by atoms with E-state index in [4.69, 9.17) is 5.73 Å². The molecule has 0 radical (unpaired) electrons. The highest BCUT2D eigenvalue weighted by atomic mass is 16.1. The van der Waals surface area contributed by atoms with E-state index in [1.807, 2.05) is 48.7 Å². The number of hydrogen-bond donors (Lipinski definition) is 2. The van der Waals surface area contributed by atoms with Crippen molar-refractivity contribution in [1.29, 1.82) is 0 Å². The minimum absolute atomic E-state index is 0.429. The molecule has 6 heteroatoms. The Labute approximate surface area is 158 Å². The van der Waals surface area contributed by atoms with Gasteiger partial charge in [-0.1, -0.05) is 12.1 Å². The number of carbonyl (C=O) groups excluding carboxylic acids is 1. The van der Waals surface area contributed by atoms with Crippen molar-refractivity contribution >= 4 is 5.91 Å². The van der Waals surface area contributed by atoms with E-state index in [2.05, 4.69) is 20.3 Å². The van der Waals surface area contributed by atoms with Gasteiger partial charge in [-0.05, 0) is 60.7 Å². The van der Waals surface area contributed by atoms with Crippen LogP contribution in [0.3, 0.4) is 0 Å². The molecule has 3 aromatic rings. The molecule has 27 heavy (non-hydrogen) atoms. The van der Waals surface area contributed by atoms with Crippen LogP contribution in [-0.4, -0.2) is 27.4 Å². The first kappa shape index (κ1) is 18.7. The number of aryl methyl sites for hydroxylation is 1. The molecule has 6 nitrogen and oxygen atoms in total. The van der Waals surface area contributed by atoms with Gasteiger partial charge in [-0.15, -0.1) is 0 Å². The second-order valence-corrected chi connectivity index (χ2v) is 6.38. The molecule has 0 saturated heterocycles. The molecule has 138 valence electrons. The molecular weight excluding hydrogens is 338 g/mol. The average molecular weight is 361 g/mol. The molecule has 3 aromatic heterocycles. The standard InChI is InChI=1S/C21H23N5O/c22-20(27)21(19-5-1-2-12-25-19,10-6-17-7-13-23-14-8-17)26-15-9-18-4-3-11-24-16-18/h1-5,7-8,11-14,16,26H,6,9-10,15H2,(H2,22,27). The van der Waals surface area contributed by atoms with Crippen molar-refractivity contribution in [2.75, 3.05) is 6.54 Å².